The van der Waals surface area contributed by atoms with E-state index in [9.17, 15) is 27.9 Å². The number of thioether (sulfide) groups is 1. The maximum atomic E-state index is 12.6. The van der Waals surface area contributed by atoms with Crippen molar-refractivity contribution in [2.45, 2.75) is 38.1 Å². The van der Waals surface area contributed by atoms with Gasteiger partial charge >= 0.3 is 12.1 Å². The number of halogens is 3. The summed E-state index contributed by atoms with van der Waals surface area (Å²) in [5.74, 6) is -2.49. The van der Waals surface area contributed by atoms with Crippen molar-refractivity contribution in [2.75, 3.05) is 7.11 Å². The molecule has 0 radical (unpaired) electrons. The average Bonchev–Trinajstić information content (AvgIpc) is 2.52. The van der Waals surface area contributed by atoms with Crippen LogP contribution in [0.25, 0.3) is 0 Å². The fraction of sp³-hybridized carbons (Fsp3) is 0.533. The second-order valence-electron chi connectivity index (χ2n) is 5.36. The lowest BCUT2D eigenvalue weighted by Gasteiger charge is -2.21. The third kappa shape index (κ3) is 4.94. The van der Waals surface area contributed by atoms with Crippen LogP contribution in [-0.4, -0.2) is 34.4 Å². The van der Waals surface area contributed by atoms with Gasteiger partial charge in [0.15, 0.2) is 0 Å². The molecule has 0 aliphatic rings. The first-order valence-corrected chi connectivity index (χ1v) is 7.82. The molecule has 1 N–H and O–H groups in total. The first kappa shape index (κ1) is 20.4. The van der Waals surface area contributed by atoms with Crippen LogP contribution in [0.15, 0.2) is 17.3 Å². The maximum absolute atomic E-state index is 12.6. The number of methoxy groups -OCH3 is 1. The Kier molecular flexibility index (Phi) is 6.79. The molecule has 3 atom stereocenters. The van der Waals surface area contributed by atoms with Crippen LogP contribution < -0.4 is 0 Å². The fourth-order valence-corrected chi connectivity index (χ4v) is 2.75. The lowest BCUT2D eigenvalue weighted by atomic mass is 9.94. The number of nitrogens with zero attached hydrogens (tertiary/aromatic N) is 1. The van der Waals surface area contributed by atoms with E-state index >= 15 is 0 Å². The summed E-state index contributed by atoms with van der Waals surface area (Å²) in [6, 6.07) is 0.904. The van der Waals surface area contributed by atoms with Gasteiger partial charge in [0.2, 0.25) is 5.12 Å². The molecule has 0 spiro atoms. The lowest BCUT2D eigenvalue weighted by molar-refractivity contribution is -0.150. The fourth-order valence-electron chi connectivity index (χ4n) is 1.91. The molecule has 0 aromatic carbocycles. The predicted octanol–water partition coefficient (Wildman–Crippen LogP) is 2.83. The minimum atomic E-state index is -4.51. The van der Waals surface area contributed by atoms with Crippen LogP contribution in [0.5, 0.6) is 0 Å². The quantitative estimate of drug-likeness (QED) is 0.639. The number of aliphatic hydroxyl groups excluding tert-OH is 1. The molecule has 1 rings (SSSR count). The van der Waals surface area contributed by atoms with Crippen LogP contribution in [0, 0.1) is 18.8 Å². The van der Waals surface area contributed by atoms with Crippen LogP contribution in [0.4, 0.5) is 13.2 Å². The van der Waals surface area contributed by atoms with Crippen LogP contribution >= 0.6 is 11.8 Å². The zero-order valence-corrected chi connectivity index (χ0v) is 14.4. The molecular weight excluding hydrogens is 347 g/mol. The topological polar surface area (TPSA) is 76.5 Å². The lowest BCUT2D eigenvalue weighted by Crippen LogP contribution is -2.35. The van der Waals surface area contributed by atoms with Gasteiger partial charge in [0.05, 0.1) is 30.6 Å². The Morgan fingerprint density at radius 2 is 1.88 bits per heavy atom. The summed E-state index contributed by atoms with van der Waals surface area (Å²) >= 11 is 0.633. The Hall–Kier alpha value is -1.61. The van der Waals surface area contributed by atoms with Gasteiger partial charge in [-0.2, -0.15) is 13.2 Å². The molecule has 3 unspecified atom stereocenters. The minimum absolute atomic E-state index is 0.123. The highest BCUT2D eigenvalue weighted by atomic mass is 32.2. The zero-order chi connectivity index (χ0) is 18.7. The van der Waals surface area contributed by atoms with Gasteiger partial charge < -0.3 is 9.84 Å². The summed E-state index contributed by atoms with van der Waals surface area (Å²) in [5, 5.41) is 9.67. The standard InChI is InChI=1S/C15H18F3NO4S/c1-7-5-10(15(16,17)18)6-19-12(7)24-14(22)9(3)11(20)8(2)13(21)23-4/h5-6,8-9,11,20H,1-4H3. The van der Waals surface area contributed by atoms with E-state index in [0.717, 1.165) is 6.07 Å². The number of pyridine rings is 1. The SMILES string of the molecule is COC(=O)C(C)C(O)C(C)C(=O)Sc1ncc(C(F)(F)F)cc1C. The summed E-state index contributed by atoms with van der Waals surface area (Å²) in [6.07, 6.45) is -5.13. The molecule has 5 nitrogen and oxygen atoms in total. The van der Waals surface area contributed by atoms with Gasteiger partial charge in [-0.15, -0.1) is 0 Å². The number of esters is 1. The molecule has 134 valence electrons. The number of alkyl halides is 3. The van der Waals surface area contributed by atoms with Gasteiger partial charge in [-0.1, -0.05) is 6.92 Å². The third-order valence-electron chi connectivity index (χ3n) is 3.52. The number of ether oxygens (including phenoxy) is 1. The van der Waals surface area contributed by atoms with Crippen molar-refractivity contribution < 1.29 is 32.6 Å². The third-order valence-corrected chi connectivity index (χ3v) is 4.72. The van der Waals surface area contributed by atoms with Gasteiger partial charge in [-0.05, 0) is 37.2 Å². The number of hydrogen-bond donors (Lipinski definition) is 1. The molecule has 9 heteroatoms. The van der Waals surface area contributed by atoms with Crippen molar-refractivity contribution in [3.8, 4) is 0 Å². The average molecular weight is 365 g/mol. The molecule has 1 aromatic heterocycles. The van der Waals surface area contributed by atoms with Crippen molar-refractivity contribution in [1.29, 1.82) is 0 Å². The number of aliphatic hydroxyl groups is 1. The van der Waals surface area contributed by atoms with E-state index in [1.165, 1.54) is 27.9 Å². The molecule has 1 aromatic rings. The van der Waals surface area contributed by atoms with Crippen molar-refractivity contribution in [3.05, 3.63) is 23.4 Å². The van der Waals surface area contributed by atoms with Crippen molar-refractivity contribution in [2.24, 2.45) is 11.8 Å². The second-order valence-corrected chi connectivity index (χ2v) is 6.35. The van der Waals surface area contributed by atoms with E-state index < -0.39 is 40.8 Å². The maximum Gasteiger partial charge on any atom is 0.417 e. The van der Waals surface area contributed by atoms with Crippen molar-refractivity contribution >= 4 is 22.8 Å². The first-order valence-electron chi connectivity index (χ1n) is 7.00. The molecule has 0 aliphatic heterocycles. The van der Waals surface area contributed by atoms with E-state index in [-0.39, 0.29) is 10.6 Å². The number of rotatable bonds is 5. The van der Waals surface area contributed by atoms with Gasteiger partial charge in [0, 0.05) is 6.20 Å². The monoisotopic (exact) mass is 365 g/mol. The molecule has 24 heavy (non-hydrogen) atoms. The summed E-state index contributed by atoms with van der Waals surface area (Å²) in [5.41, 5.74) is -0.699. The molecule has 0 fully saturated rings. The highest BCUT2D eigenvalue weighted by Gasteiger charge is 2.34. The molecule has 0 bridgehead atoms. The Bertz CT molecular complexity index is 621. The summed E-state index contributed by atoms with van der Waals surface area (Å²) in [4.78, 5) is 27.3. The Labute approximate surface area is 141 Å². The summed E-state index contributed by atoms with van der Waals surface area (Å²) < 4.78 is 42.3. The molecular formula is C15H18F3NO4S. The number of hydrogen-bond acceptors (Lipinski definition) is 6. The number of carbonyl (C=O) groups excluding carboxylic acids is 2. The minimum Gasteiger partial charge on any atom is -0.469 e. The van der Waals surface area contributed by atoms with Gasteiger partial charge in [0.25, 0.3) is 0 Å². The second kappa shape index (κ2) is 7.98. The number of aryl methyl sites for hydroxylation is 1. The van der Waals surface area contributed by atoms with Gasteiger partial charge in [0.1, 0.15) is 5.03 Å². The number of aromatic nitrogens is 1. The largest absolute Gasteiger partial charge is 0.469 e. The Balaban J connectivity index is 2.86. The first-order chi connectivity index (χ1) is 11.0. The smallest absolute Gasteiger partial charge is 0.417 e. The summed E-state index contributed by atoms with van der Waals surface area (Å²) in [7, 11) is 1.17. The zero-order valence-electron chi connectivity index (χ0n) is 13.5. The molecule has 0 saturated heterocycles. The van der Waals surface area contributed by atoms with E-state index in [2.05, 4.69) is 9.72 Å². The molecule has 0 amide bonds. The molecule has 1 heterocycles. The highest BCUT2D eigenvalue weighted by Crippen LogP contribution is 2.32. The molecule has 0 aliphatic carbocycles. The van der Waals surface area contributed by atoms with Gasteiger partial charge in [-0.25, -0.2) is 4.98 Å². The van der Waals surface area contributed by atoms with Crippen molar-refractivity contribution in [3.63, 3.8) is 0 Å². The Morgan fingerprint density at radius 3 is 2.33 bits per heavy atom. The summed E-state index contributed by atoms with van der Waals surface area (Å²) in [6.45, 7) is 4.27. The van der Waals surface area contributed by atoms with E-state index in [1.807, 2.05) is 0 Å². The van der Waals surface area contributed by atoms with Crippen LogP contribution in [0.1, 0.15) is 25.0 Å². The van der Waals surface area contributed by atoms with E-state index in [1.54, 1.807) is 0 Å². The van der Waals surface area contributed by atoms with E-state index in [4.69, 9.17) is 0 Å². The van der Waals surface area contributed by atoms with E-state index in [0.29, 0.717) is 18.0 Å². The van der Waals surface area contributed by atoms with Crippen LogP contribution in [0.3, 0.4) is 0 Å². The number of carbonyl (C=O) groups is 2. The molecule has 0 saturated carbocycles. The van der Waals surface area contributed by atoms with Crippen molar-refractivity contribution in [1.82, 2.24) is 4.98 Å². The highest BCUT2D eigenvalue weighted by molar-refractivity contribution is 8.13. The Morgan fingerprint density at radius 1 is 1.29 bits per heavy atom. The predicted molar refractivity (Wildman–Crippen MR) is 81.2 cm³/mol. The van der Waals surface area contributed by atoms with Crippen LogP contribution in [0.2, 0.25) is 0 Å². The van der Waals surface area contributed by atoms with Gasteiger partial charge in [-0.3, -0.25) is 9.59 Å². The normalized spacial score (nSPS) is 15.5. The van der Waals surface area contributed by atoms with Crippen LogP contribution in [-0.2, 0) is 20.5 Å².